The summed E-state index contributed by atoms with van der Waals surface area (Å²) in [4.78, 5) is 19.9. The van der Waals surface area contributed by atoms with Crippen LogP contribution in [0.4, 0.5) is 0 Å². The van der Waals surface area contributed by atoms with Crippen LogP contribution in [0.1, 0.15) is 42.9 Å². The van der Waals surface area contributed by atoms with Gasteiger partial charge >= 0.3 is 0 Å². The Bertz CT molecular complexity index is 636. The molecule has 3 heterocycles. The predicted molar refractivity (Wildman–Crippen MR) is 73.8 cm³/mol. The molecule has 1 atom stereocenters. The molecule has 1 aliphatic rings. The molecule has 9 nitrogen and oxygen atoms in total. The number of hydrogen-bond donors (Lipinski definition) is 2. The molecule has 1 amide bonds. The molecule has 0 saturated carbocycles. The summed E-state index contributed by atoms with van der Waals surface area (Å²) >= 11 is 5.58. The lowest BCUT2D eigenvalue weighted by Crippen LogP contribution is -2.23. The number of hydrogen-bond acceptors (Lipinski definition) is 7. The molecule has 2 aromatic rings. The smallest absolute Gasteiger partial charge is 0.255 e. The molecule has 0 aliphatic carbocycles. The van der Waals surface area contributed by atoms with Gasteiger partial charge < -0.3 is 14.6 Å². The largest absolute Gasteiger partial charge is 0.368 e. The molecule has 1 aliphatic heterocycles. The minimum absolute atomic E-state index is 0.117. The first-order valence-electron chi connectivity index (χ1n) is 6.98. The van der Waals surface area contributed by atoms with Crippen LogP contribution in [0.25, 0.3) is 0 Å². The van der Waals surface area contributed by atoms with Gasteiger partial charge in [0.1, 0.15) is 11.9 Å². The van der Waals surface area contributed by atoms with Gasteiger partial charge in [0.2, 0.25) is 11.2 Å². The number of nitrogens with one attached hydrogen (secondary N) is 2. The lowest BCUT2D eigenvalue weighted by molar-refractivity contribution is -0.121. The second-order valence-electron chi connectivity index (χ2n) is 4.88. The second-order valence-corrected chi connectivity index (χ2v) is 5.22. The van der Waals surface area contributed by atoms with Crippen LogP contribution in [0.15, 0.2) is 4.52 Å². The average molecular weight is 327 g/mol. The third kappa shape index (κ3) is 3.80. The molecular weight excluding hydrogens is 312 g/mol. The Morgan fingerprint density at radius 3 is 3.09 bits per heavy atom. The topological polar surface area (TPSA) is 119 Å². The first kappa shape index (κ1) is 14.9. The van der Waals surface area contributed by atoms with Crippen molar-refractivity contribution in [3.8, 4) is 0 Å². The molecule has 3 rings (SSSR count). The third-order valence-corrected chi connectivity index (χ3v) is 3.39. The highest BCUT2D eigenvalue weighted by molar-refractivity contribution is 6.28. The van der Waals surface area contributed by atoms with E-state index in [1.807, 2.05) is 0 Å². The van der Waals surface area contributed by atoms with Gasteiger partial charge in [0.25, 0.3) is 5.89 Å². The van der Waals surface area contributed by atoms with Crippen LogP contribution in [-0.4, -0.2) is 37.8 Å². The first-order chi connectivity index (χ1) is 10.7. The van der Waals surface area contributed by atoms with Crippen molar-refractivity contribution in [1.82, 2.24) is 30.6 Å². The minimum atomic E-state index is -0.143. The fourth-order valence-electron chi connectivity index (χ4n) is 2.12. The zero-order valence-electron chi connectivity index (χ0n) is 11.7. The number of aryl methyl sites for hydroxylation is 1. The first-order valence-corrected chi connectivity index (χ1v) is 7.36. The van der Waals surface area contributed by atoms with Gasteiger partial charge in [0.15, 0.2) is 5.82 Å². The third-order valence-electron chi connectivity index (χ3n) is 3.23. The van der Waals surface area contributed by atoms with Crippen molar-refractivity contribution >= 4 is 17.5 Å². The van der Waals surface area contributed by atoms with Crippen LogP contribution in [0.2, 0.25) is 5.28 Å². The molecule has 22 heavy (non-hydrogen) atoms. The lowest BCUT2D eigenvalue weighted by Gasteiger charge is -2.01. The molecule has 118 valence electrons. The Kier molecular flexibility index (Phi) is 4.64. The van der Waals surface area contributed by atoms with E-state index >= 15 is 0 Å². The highest BCUT2D eigenvalue weighted by Gasteiger charge is 2.23. The fourth-order valence-corrected chi connectivity index (χ4v) is 2.27. The molecule has 1 fully saturated rings. The van der Waals surface area contributed by atoms with Crippen molar-refractivity contribution in [2.24, 2.45) is 0 Å². The number of amides is 1. The average Bonchev–Trinajstić information content (AvgIpc) is 3.23. The summed E-state index contributed by atoms with van der Waals surface area (Å²) in [5.41, 5.74) is 0. The Morgan fingerprint density at radius 2 is 2.36 bits per heavy atom. The van der Waals surface area contributed by atoms with Gasteiger partial charge in [0, 0.05) is 19.4 Å². The van der Waals surface area contributed by atoms with E-state index in [-0.39, 0.29) is 30.3 Å². The number of nitrogens with zero attached hydrogens (tertiary/aromatic N) is 4. The Balaban J connectivity index is 1.42. The van der Waals surface area contributed by atoms with E-state index in [4.69, 9.17) is 20.9 Å². The Labute approximate surface area is 130 Å². The van der Waals surface area contributed by atoms with E-state index in [0.29, 0.717) is 30.6 Å². The van der Waals surface area contributed by atoms with Gasteiger partial charge in [-0.05, 0) is 24.4 Å². The molecule has 0 unspecified atom stereocenters. The zero-order valence-corrected chi connectivity index (χ0v) is 12.5. The normalized spacial score (nSPS) is 17.8. The van der Waals surface area contributed by atoms with Crippen molar-refractivity contribution in [2.75, 3.05) is 6.61 Å². The van der Waals surface area contributed by atoms with E-state index in [2.05, 4.69) is 30.6 Å². The molecule has 2 N–H and O–H groups in total. The Hall–Kier alpha value is -2.00. The number of aromatic amines is 1. The van der Waals surface area contributed by atoms with E-state index in [1.54, 1.807) is 0 Å². The summed E-state index contributed by atoms with van der Waals surface area (Å²) < 4.78 is 10.6. The monoisotopic (exact) mass is 326 g/mol. The van der Waals surface area contributed by atoms with Gasteiger partial charge in [-0.15, -0.1) is 5.10 Å². The van der Waals surface area contributed by atoms with Gasteiger partial charge in [0.05, 0.1) is 6.54 Å². The summed E-state index contributed by atoms with van der Waals surface area (Å²) in [5, 5.41) is 13.0. The van der Waals surface area contributed by atoms with Crippen molar-refractivity contribution in [1.29, 1.82) is 0 Å². The van der Waals surface area contributed by atoms with Crippen molar-refractivity contribution in [3.05, 3.63) is 22.8 Å². The van der Waals surface area contributed by atoms with Crippen LogP contribution in [0, 0.1) is 0 Å². The lowest BCUT2D eigenvalue weighted by atomic mass is 10.2. The molecule has 1 saturated heterocycles. The molecule has 0 spiro atoms. The highest BCUT2D eigenvalue weighted by atomic mass is 35.5. The number of rotatable bonds is 6. The standard InChI is InChI=1S/C12H15ClN6O3/c13-12-16-8(17-18-12)3-4-10(20)14-6-9-15-11(22-19-9)7-2-1-5-21-7/h7H,1-6H2,(H,14,20)(H,16,17,18)/t7-/m1/s1. The zero-order chi connectivity index (χ0) is 15.4. The number of carbonyl (C=O) groups excluding carboxylic acids is 1. The number of ether oxygens (including phenoxy) is 1. The molecule has 0 aromatic carbocycles. The van der Waals surface area contributed by atoms with Crippen LogP contribution < -0.4 is 5.32 Å². The minimum Gasteiger partial charge on any atom is -0.368 e. The van der Waals surface area contributed by atoms with Crippen molar-refractivity contribution in [3.63, 3.8) is 0 Å². The highest BCUT2D eigenvalue weighted by Crippen LogP contribution is 2.26. The van der Waals surface area contributed by atoms with Gasteiger partial charge in [-0.25, -0.2) is 4.98 Å². The van der Waals surface area contributed by atoms with E-state index in [0.717, 1.165) is 12.8 Å². The summed E-state index contributed by atoms with van der Waals surface area (Å²) in [6.07, 6.45) is 2.45. The van der Waals surface area contributed by atoms with Crippen molar-refractivity contribution < 1.29 is 14.1 Å². The summed E-state index contributed by atoms with van der Waals surface area (Å²) in [5.74, 6) is 1.33. The van der Waals surface area contributed by atoms with Crippen LogP contribution in [0.3, 0.4) is 0 Å². The number of H-pyrrole nitrogens is 1. The van der Waals surface area contributed by atoms with Crippen LogP contribution in [0.5, 0.6) is 0 Å². The van der Waals surface area contributed by atoms with Crippen LogP contribution in [-0.2, 0) is 22.5 Å². The van der Waals surface area contributed by atoms with E-state index in [9.17, 15) is 4.79 Å². The fraction of sp³-hybridized carbons (Fsp3) is 0.583. The van der Waals surface area contributed by atoms with Gasteiger partial charge in [-0.1, -0.05) is 5.16 Å². The Morgan fingerprint density at radius 1 is 1.45 bits per heavy atom. The van der Waals surface area contributed by atoms with Gasteiger partial charge in [-0.2, -0.15) is 4.98 Å². The van der Waals surface area contributed by atoms with Crippen molar-refractivity contribution in [2.45, 2.75) is 38.3 Å². The molecule has 0 bridgehead atoms. The second kappa shape index (κ2) is 6.84. The maximum absolute atomic E-state index is 11.7. The molecule has 0 radical (unpaired) electrons. The molecule has 10 heteroatoms. The quantitative estimate of drug-likeness (QED) is 0.810. The molecule has 2 aromatic heterocycles. The van der Waals surface area contributed by atoms with Crippen LogP contribution >= 0.6 is 11.6 Å². The maximum atomic E-state index is 11.7. The SMILES string of the molecule is O=C(CCc1nc(Cl)n[nH]1)NCc1noc([C@H]2CCCO2)n1. The summed E-state index contributed by atoms with van der Waals surface area (Å²) in [6.45, 7) is 0.928. The number of halogens is 1. The number of aromatic nitrogens is 5. The maximum Gasteiger partial charge on any atom is 0.255 e. The summed E-state index contributed by atoms with van der Waals surface area (Å²) in [6, 6.07) is 0. The predicted octanol–water partition coefficient (Wildman–Crippen LogP) is 0.942. The van der Waals surface area contributed by atoms with Gasteiger partial charge in [-0.3, -0.25) is 9.89 Å². The number of carbonyl (C=O) groups is 1. The summed E-state index contributed by atoms with van der Waals surface area (Å²) in [7, 11) is 0. The van der Waals surface area contributed by atoms with E-state index < -0.39 is 0 Å². The van der Waals surface area contributed by atoms with E-state index in [1.165, 1.54) is 0 Å². The molecular formula is C12H15ClN6O3.